The first kappa shape index (κ1) is 15.1. The Morgan fingerprint density at radius 2 is 1.83 bits per heavy atom. The smallest absolute Gasteiger partial charge is 0.416 e. The minimum absolute atomic E-state index is 0.268. The van der Waals surface area contributed by atoms with Gasteiger partial charge in [0.2, 0.25) is 0 Å². The zero-order chi connectivity index (χ0) is 16.6. The van der Waals surface area contributed by atoms with Gasteiger partial charge >= 0.3 is 12.1 Å². The molecular formula is C17H12F3NO2. The summed E-state index contributed by atoms with van der Waals surface area (Å²) in [6.07, 6.45) is -4.72. The second kappa shape index (κ2) is 5.46. The van der Waals surface area contributed by atoms with Gasteiger partial charge in [-0.3, -0.25) is 4.79 Å². The molecule has 0 bridgehead atoms. The van der Waals surface area contributed by atoms with Gasteiger partial charge in [0.15, 0.2) is 0 Å². The number of aliphatic carboxylic acids is 1. The van der Waals surface area contributed by atoms with E-state index < -0.39 is 17.7 Å². The van der Waals surface area contributed by atoms with Gasteiger partial charge in [0.05, 0.1) is 17.7 Å². The number of nitrogens with one attached hydrogen (secondary N) is 1. The lowest BCUT2D eigenvalue weighted by Crippen LogP contribution is -2.05. The van der Waals surface area contributed by atoms with Crippen molar-refractivity contribution in [2.75, 3.05) is 0 Å². The molecule has 2 aromatic carbocycles. The highest BCUT2D eigenvalue weighted by atomic mass is 19.4. The summed E-state index contributed by atoms with van der Waals surface area (Å²) >= 11 is 0. The van der Waals surface area contributed by atoms with E-state index in [-0.39, 0.29) is 6.42 Å². The van der Waals surface area contributed by atoms with Gasteiger partial charge in [0.25, 0.3) is 0 Å². The molecule has 0 aliphatic heterocycles. The van der Waals surface area contributed by atoms with Crippen molar-refractivity contribution in [1.29, 1.82) is 0 Å². The van der Waals surface area contributed by atoms with Crippen molar-refractivity contribution in [3.8, 4) is 11.3 Å². The predicted octanol–water partition coefficient (Wildman–Crippen LogP) is 4.48. The number of para-hydroxylation sites is 1. The SMILES string of the molecule is O=C(O)Cc1c(-c2cccc(C(F)(F)F)c2)[nH]c2ccccc12. The molecule has 0 spiro atoms. The number of aromatic amines is 1. The van der Waals surface area contributed by atoms with Gasteiger partial charge in [-0.05, 0) is 29.3 Å². The number of alkyl halides is 3. The van der Waals surface area contributed by atoms with Crippen LogP contribution in [0.3, 0.4) is 0 Å². The van der Waals surface area contributed by atoms with Crippen molar-refractivity contribution in [3.63, 3.8) is 0 Å². The Bertz CT molecular complexity index is 881. The van der Waals surface area contributed by atoms with Crippen molar-refractivity contribution < 1.29 is 23.1 Å². The van der Waals surface area contributed by atoms with Gasteiger partial charge in [-0.15, -0.1) is 0 Å². The van der Waals surface area contributed by atoms with Crippen LogP contribution in [0.2, 0.25) is 0 Å². The van der Waals surface area contributed by atoms with Gasteiger partial charge in [0, 0.05) is 10.9 Å². The van der Waals surface area contributed by atoms with Crippen LogP contribution in [0, 0.1) is 0 Å². The second-order valence-electron chi connectivity index (χ2n) is 5.17. The lowest BCUT2D eigenvalue weighted by molar-refractivity contribution is -0.138. The van der Waals surface area contributed by atoms with E-state index in [9.17, 15) is 18.0 Å². The van der Waals surface area contributed by atoms with Crippen molar-refractivity contribution >= 4 is 16.9 Å². The maximum Gasteiger partial charge on any atom is 0.416 e. The number of rotatable bonds is 3. The largest absolute Gasteiger partial charge is 0.481 e. The summed E-state index contributed by atoms with van der Waals surface area (Å²) in [6.45, 7) is 0. The summed E-state index contributed by atoms with van der Waals surface area (Å²) in [4.78, 5) is 14.2. The molecule has 3 nitrogen and oxygen atoms in total. The number of fused-ring (bicyclic) bond motifs is 1. The molecule has 6 heteroatoms. The van der Waals surface area contributed by atoms with Gasteiger partial charge < -0.3 is 10.1 Å². The molecule has 23 heavy (non-hydrogen) atoms. The van der Waals surface area contributed by atoms with E-state index in [1.54, 1.807) is 24.3 Å². The number of carbonyl (C=O) groups is 1. The van der Waals surface area contributed by atoms with E-state index in [2.05, 4.69) is 4.98 Å². The van der Waals surface area contributed by atoms with Crippen molar-refractivity contribution in [2.45, 2.75) is 12.6 Å². The lowest BCUT2D eigenvalue weighted by Gasteiger charge is -2.09. The highest BCUT2D eigenvalue weighted by Gasteiger charge is 2.30. The summed E-state index contributed by atoms with van der Waals surface area (Å²) in [5.74, 6) is -1.04. The third-order valence-corrected chi connectivity index (χ3v) is 3.62. The molecule has 1 heterocycles. The van der Waals surface area contributed by atoms with Crippen molar-refractivity contribution in [2.24, 2.45) is 0 Å². The van der Waals surface area contributed by atoms with Crippen LogP contribution in [-0.4, -0.2) is 16.1 Å². The van der Waals surface area contributed by atoms with Crippen molar-refractivity contribution in [1.82, 2.24) is 4.98 Å². The standard InChI is InChI=1S/C17H12F3NO2/c18-17(19,20)11-5-3-4-10(8-11)16-13(9-15(22)23)12-6-1-2-7-14(12)21-16/h1-8,21H,9H2,(H,22,23). The normalized spacial score (nSPS) is 11.8. The van der Waals surface area contributed by atoms with E-state index >= 15 is 0 Å². The number of carboxylic acid groups (broad SMARTS) is 1. The van der Waals surface area contributed by atoms with Gasteiger partial charge in [-0.2, -0.15) is 13.2 Å². The molecule has 118 valence electrons. The highest BCUT2D eigenvalue weighted by Crippen LogP contribution is 2.35. The van der Waals surface area contributed by atoms with E-state index in [1.165, 1.54) is 12.1 Å². The zero-order valence-electron chi connectivity index (χ0n) is 11.8. The van der Waals surface area contributed by atoms with Crippen LogP contribution in [0.25, 0.3) is 22.2 Å². The molecule has 0 amide bonds. The number of benzene rings is 2. The summed E-state index contributed by atoms with van der Waals surface area (Å²) in [5, 5.41) is 9.80. The molecule has 2 N–H and O–H groups in total. The molecule has 0 saturated carbocycles. The minimum atomic E-state index is -4.45. The highest BCUT2D eigenvalue weighted by molar-refractivity contribution is 5.93. The van der Waals surface area contributed by atoms with Crippen LogP contribution >= 0.6 is 0 Å². The number of hydrogen-bond donors (Lipinski definition) is 2. The fraction of sp³-hybridized carbons (Fsp3) is 0.118. The Hall–Kier alpha value is -2.76. The monoisotopic (exact) mass is 319 g/mol. The quantitative estimate of drug-likeness (QED) is 0.748. The molecule has 0 unspecified atom stereocenters. The number of halogens is 3. The topological polar surface area (TPSA) is 53.1 Å². The van der Waals surface area contributed by atoms with Crippen molar-refractivity contribution in [3.05, 3.63) is 59.7 Å². The predicted molar refractivity (Wildman–Crippen MR) is 80.1 cm³/mol. The second-order valence-corrected chi connectivity index (χ2v) is 5.17. The molecule has 0 saturated heterocycles. The van der Waals surface area contributed by atoms with Crippen LogP contribution in [0.1, 0.15) is 11.1 Å². The number of H-pyrrole nitrogens is 1. The third kappa shape index (κ3) is 2.92. The fourth-order valence-electron chi connectivity index (χ4n) is 2.63. The molecule has 1 aromatic heterocycles. The average molecular weight is 319 g/mol. The molecule has 3 aromatic rings. The molecule has 0 aliphatic rings. The maximum absolute atomic E-state index is 12.9. The molecular weight excluding hydrogens is 307 g/mol. The summed E-state index contributed by atoms with van der Waals surface area (Å²) in [6, 6.07) is 11.9. The molecule has 0 atom stereocenters. The van der Waals surface area contributed by atoms with Crippen LogP contribution in [0.5, 0.6) is 0 Å². The van der Waals surface area contributed by atoms with Crippen LogP contribution in [-0.2, 0) is 17.4 Å². The first-order chi connectivity index (χ1) is 10.9. The van der Waals surface area contributed by atoms with Crippen LogP contribution in [0.4, 0.5) is 13.2 Å². The fourth-order valence-corrected chi connectivity index (χ4v) is 2.63. The van der Waals surface area contributed by atoms with E-state index in [1.807, 2.05) is 0 Å². The summed E-state index contributed by atoms with van der Waals surface area (Å²) in [7, 11) is 0. The number of hydrogen-bond acceptors (Lipinski definition) is 1. The van der Waals surface area contributed by atoms with E-state index in [4.69, 9.17) is 5.11 Å². The Morgan fingerprint density at radius 1 is 1.09 bits per heavy atom. The number of aromatic nitrogens is 1. The first-order valence-electron chi connectivity index (χ1n) is 6.85. The third-order valence-electron chi connectivity index (χ3n) is 3.62. The van der Waals surface area contributed by atoms with Gasteiger partial charge in [-0.1, -0.05) is 30.3 Å². The summed E-state index contributed by atoms with van der Waals surface area (Å²) < 4.78 is 38.7. The molecule has 3 rings (SSSR count). The maximum atomic E-state index is 12.9. The Labute approximate surface area is 129 Å². The lowest BCUT2D eigenvalue weighted by atomic mass is 10.0. The Morgan fingerprint density at radius 3 is 2.52 bits per heavy atom. The Balaban J connectivity index is 2.21. The molecule has 0 aliphatic carbocycles. The Kier molecular flexibility index (Phi) is 3.60. The van der Waals surface area contributed by atoms with Gasteiger partial charge in [0.1, 0.15) is 0 Å². The summed E-state index contributed by atoms with van der Waals surface area (Å²) in [5.41, 5.74) is 1.12. The van der Waals surface area contributed by atoms with Crippen LogP contribution in [0.15, 0.2) is 48.5 Å². The number of carboxylic acids is 1. The van der Waals surface area contributed by atoms with E-state index in [0.717, 1.165) is 12.1 Å². The van der Waals surface area contributed by atoms with Crippen LogP contribution < -0.4 is 0 Å². The average Bonchev–Trinajstić information content (AvgIpc) is 2.85. The van der Waals surface area contributed by atoms with Gasteiger partial charge in [-0.25, -0.2) is 0 Å². The zero-order valence-corrected chi connectivity index (χ0v) is 11.8. The molecule has 0 fully saturated rings. The first-order valence-corrected chi connectivity index (χ1v) is 6.85. The minimum Gasteiger partial charge on any atom is -0.481 e. The molecule has 0 radical (unpaired) electrons. The van der Waals surface area contributed by atoms with E-state index in [0.29, 0.717) is 27.7 Å².